The monoisotopic (exact) mass is 234 g/mol. The first-order chi connectivity index (χ1) is 7.78. The molecule has 3 N–H and O–H groups in total. The zero-order valence-corrected chi connectivity index (χ0v) is 12.1. The van der Waals surface area contributed by atoms with Crippen LogP contribution in [0.15, 0.2) is 6.07 Å². The van der Waals surface area contributed by atoms with Crippen molar-refractivity contribution in [3.05, 3.63) is 33.9 Å². The first kappa shape index (κ1) is 14.2. The number of nitrogens with one attached hydrogen (secondary N) is 1. The van der Waals surface area contributed by atoms with Gasteiger partial charge < -0.3 is 11.1 Å². The van der Waals surface area contributed by atoms with Gasteiger partial charge in [-0.1, -0.05) is 6.07 Å². The molecular weight excluding hydrogens is 208 g/mol. The van der Waals surface area contributed by atoms with Gasteiger partial charge in [0.25, 0.3) is 0 Å². The van der Waals surface area contributed by atoms with Gasteiger partial charge in [-0.3, -0.25) is 0 Å². The van der Waals surface area contributed by atoms with E-state index in [1.54, 1.807) is 0 Å². The second-order valence-electron chi connectivity index (χ2n) is 5.68. The predicted octanol–water partition coefficient (Wildman–Crippen LogP) is 2.75. The maximum Gasteiger partial charge on any atom is 0.0250 e. The summed E-state index contributed by atoms with van der Waals surface area (Å²) in [6.45, 7) is 14.6. The fourth-order valence-electron chi connectivity index (χ4n) is 1.96. The van der Waals surface area contributed by atoms with Crippen molar-refractivity contribution in [3.8, 4) is 0 Å². The Hall–Kier alpha value is -0.860. The molecule has 0 aliphatic rings. The summed E-state index contributed by atoms with van der Waals surface area (Å²) in [6.07, 6.45) is 0. The zero-order valence-electron chi connectivity index (χ0n) is 12.1. The highest BCUT2D eigenvalue weighted by atomic mass is 15.0. The molecule has 0 radical (unpaired) electrons. The number of benzene rings is 1. The molecule has 0 saturated carbocycles. The van der Waals surface area contributed by atoms with Gasteiger partial charge in [-0.25, -0.2) is 0 Å². The van der Waals surface area contributed by atoms with Crippen molar-refractivity contribution in [1.29, 1.82) is 0 Å². The lowest BCUT2D eigenvalue weighted by molar-refractivity contribution is 0.396. The molecule has 0 heterocycles. The van der Waals surface area contributed by atoms with Crippen LogP contribution in [0.5, 0.6) is 0 Å². The van der Waals surface area contributed by atoms with E-state index in [-0.39, 0.29) is 5.54 Å². The van der Waals surface area contributed by atoms with Crippen LogP contribution in [0, 0.1) is 27.7 Å². The molecule has 0 aliphatic heterocycles. The van der Waals surface area contributed by atoms with E-state index in [2.05, 4.69) is 52.9 Å². The minimum absolute atomic E-state index is 0.00344. The van der Waals surface area contributed by atoms with Crippen molar-refractivity contribution in [1.82, 2.24) is 5.32 Å². The van der Waals surface area contributed by atoms with Gasteiger partial charge >= 0.3 is 0 Å². The molecule has 1 aromatic carbocycles. The van der Waals surface area contributed by atoms with Gasteiger partial charge in [0.05, 0.1) is 0 Å². The quantitative estimate of drug-likeness (QED) is 0.840. The SMILES string of the molecule is Cc1cc(C)c(C)c(CNC(C)(C)CN)c1C. The minimum Gasteiger partial charge on any atom is -0.329 e. The third-order valence-corrected chi connectivity index (χ3v) is 3.78. The molecule has 17 heavy (non-hydrogen) atoms. The smallest absolute Gasteiger partial charge is 0.0250 e. The highest BCUT2D eigenvalue weighted by Crippen LogP contribution is 2.22. The molecule has 0 atom stereocenters. The number of aryl methyl sites for hydroxylation is 2. The summed E-state index contributed by atoms with van der Waals surface area (Å²) in [6, 6.07) is 2.27. The fourth-order valence-corrected chi connectivity index (χ4v) is 1.96. The Morgan fingerprint density at radius 1 is 1.06 bits per heavy atom. The lowest BCUT2D eigenvalue weighted by Crippen LogP contribution is -2.45. The lowest BCUT2D eigenvalue weighted by atomic mass is 9.93. The zero-order chi connectivity index (χ0) is 13.2. The summed E-state index contributed by atoms with van der Waals surface area (Å²) in [5, 5.41) is 3.54. The summed E-state index contributed by atoms with van der Waals surface area (Å²) in [4.78, 5) is 0. The molecule has 2 heteroatoms. The third kappa shape index (κ3) is 3.30. The maximum atomic E-state index is 5.74. The lowest BCUT2D eigenvalue weighted by Gasteiger charge is -2.26. The predicted molar refractivity (Wildman–Crippen MR) is 75.4 cm³/mol. The number of hydrogen-bond acceptors (Lipinski definition) is 2. The van der Waals surface area contributed by atoms with Crippen molar-refractivity contribution in [2.75, 3.05) is 6.54 Å². The van der Waals surface area contributed by atoms with E-state index in [1.165, 1.54) is 27.8 Å². The van der Waals surface area contributed by atoms with Crippen LogP contribution in [0.25, 0.3) is 0 Å². The van der Waals surface area contributed by atoms with E-state index in [0.29, 0.717) is 6.54 Å². The first-order valence-electron chi connectivity index (χ1n) is 6.30. The fraction of sp³-hybridized carbons (Fsp3) is 0.600. The molecule has 0 spiro atoms. The second-order valence-corrected chi connectivity index (χ2v) is 5.68. The Balaban J connectivity index is 2.99. The Bertz CT molecular complexity index is 380. The Kier molecular flexibility index (Phi) is 4.34. The Morgan fingerprint density at radius 2 is 1.53 bits per heavy atom. The molecule has 0 aliphatic carbocycles. The Morgan fingerprint density at radius 3 is 1.94 bits per heavy atom. The van der Waals surface area contributed by atoms with Gasteiger partial charge in [-0.15, -0.1) is 0 Å². The van der Waals surface area contributed by atoms with Crippen LogP contribution in [0.3, 0.4) is 0 Å². The molecule has 0 fully saturated rings. The van der Waals surface area contributed by atoms with E-state index >= 15 is 0 Å². The molecule has 0 bridgehead atoms. The van der Waals surface area contributed by atoms with E-state index in [4.69, 9.17) is 5.73 Å². The normalized spacial score (nSPS) is 11.9. The molecule has 0 saturated heterocycles. The third-order valence-electron chi connectivity index (χ3n) is 3.78. The van der Waals surface area contributed by atoms with Crippen LogP contribution in [0.4, 0.5) is 0 Å². The van der Waals surface area contributed by atoms with Crippen molar-refractivity contribution >= 4 is 0 Å². The first-order valence-corrected chi connectivity index (χ1v) is 6.30. The number of hydrogen-bond donors (Lipinski definition) is 2. The molecule has 0 aromatic heterocycles. The van der Waals surface area contributed by atoms with Crippen LogP contribution < -0.4 is 11.1 Å². The summed E-state index contributed by atoms with van der Waals surface area (Å²) in [7, 11) is 0. The highest BCUT2D eigenvalue weighted by molar-refractivity contribution is 5.43. The molecule has 96 valence electrons. The average molecular weight is 234 g/mol. The average Bonchev–Trinajstić information content (AvgIpc) is 2.26. The number of nitrogens with two attached hydrogens (primary N) is 1. The maximum absolute atomic E-state index is 5.74. The highest BCUT2D eigenvalue weighted by Gasteiger charge is 2.16. The van der Waals surface area contributed by atoms with Gasteiger partial charge in [0.1, 0.15) is 0 Å². The van der Waals surface area contributed by atoms with Gasteiger partial charge in [0, 0.05) is 18.6 Å². The van der Waals surface area contributed by atoms with Crippen molar-refractivity contribution in [3.63, 3.8) is 0 Å². The van der Waals surface area contributed by atoms with E-state index in [1.807, 2.05) is 0 Å². The van der Waals surface area contributed by atoms with Crippen molar-refractivity contribution < 1.29 is 0 Å². The Labute approximate surface area is 106 Å². The van der Waals surface area contributed by atoms with Crippen LogP contribution in [0.2, 0.25) is 0 Å². The number of rotatable bonds is 4. The van der Waals surface area contributed by atoms with Crippen LogP contribution in [0.1, 0.15) is 41.7 Å². The van der Waals surface area contributed by atoms with E-state index in [0.717, 1.165) is 6.54 Å². The molecular formula is C15H26N2. The molecule has 0 unspecified atom stereocenters. The summed E-state index contributed by atoms with van der Waals surface area (Å²) >= 11 is 0. The van der Waals surface area contributed by atoms with Crippen molar-refractivity contribution in [2.24, 2.45) is 5.73 Å². The second kappa shape index (κ2) is 5.19. The summed E-state index contributed by atoms with van der Waals surface area (Å²) < 4.78 is 0. The summed E-state index contributed by atoms with van der Waals surface area (Å²) in [5.74, 6) is 0. The van der Waals surface area contributed by atoms with Crippen LogP contribution >= 0.6 is 0 Å². The van der Waals surface area contributed by atoms with Gasteiger partial charge in [-0.2, -0.15) is 0 Å². The van der Waals surface area contributed by atoms with E-state index < -0.39 is 0 Å². The summed E-state index contributed by atoms with van der Waals surface area (Å²) in [5.41, 5.74) is 12.7. The molecule has 1 rings (SSSR count). The van der Waals surface area contributed by atoms with Crippen molar-refractivity contribution in [2.45, 2.75) is 53.6 Å². The standard InChI is InChI=1S/C15H26N2/c1-10-7-11(2)13(4)14(12(10)3)8-17-15(5,6)9-16/h7,17H,8-9,16H2,1-6H3. The topological polar surface area (TPSA) is 38.0 Å². The molecule has 2 nitrogen and oxygen atoms in total. The minimum atomic E-state index is -0.00344. The molecule has 0 amide bonds. The van der Waals surface area contributed by atoms with Gasteiger partial charge in [0.15, 0.2) is 0 Å². The van der Waals surface area contributed by atoms with Gasteiger partial charge in [-0.05, 0) is 69.4 Å². The van der Waals surface area contributed by atoms with E-state index in [9.17, 15) is 0 Å². The molecule has 1 aromatic rings. The van der Waals surface area contributed by atoms with Gasteiger partial charge in [0.2, 0.25) is 0 Å². The van der Waals surface area contributed by atoms with Crippen LogP contribution in [-0.2, 0) is 6.54 Å². The largest absolute Gasteiger partial charge is 0.329 e. The van der Waals surface area contributed by atoms with Crippen LogP contribution in [-0.4, -0.2) is 12.1 Å².